The van der Waals surface area contributed by atoms with Crippen molar-refractivity contribution in [3.8, 4) is 5.75 Å². The molecule has 0 bridgehead atoms. The summed E-state index contributed by atoms with van der Waals surface area (Å²) in [5.74, 6) is -0.158. The van der Waals surface area contributed by atoms with Crippen LogP contribution in [0.2, 0.25) is 0 Å². The molecule has 2 aromatic rings. The summed E-state index contributed by atoms with van der Waals surface area (Å²) < 4.78 is 48.2. The largest absolute Gasteiger partial charge is 0.484 e. The first-order valence-electron chi connectivity index (χ1n) is 8.50. The topological polar surface area (TPSA) is 47.6 Å². The highest BCUT2D eigenvalue weighted by Gasteiger charge is 2.30. The van der Waals surface area contributed by atoms with E-state index in [0.29, 0.717) is 13.2 Å². The van der Waals surface area contributed by atoms with Gasteiger partial charge in [-0.3, -0.25) is 4.79 Å². The fourth-order valence-electron chi connectivity index (χ4n) is 2.16. The number of rotatable bonds is 8. The zero-order chi connectivity index (χ0) is 19.9. The minimum Gasteiger partial charge on any atom is -0.484 e. The van der Waals surface area contributed by atoms with Gasteiger partial charge in [-0.25, -0.2) is 0 Å². The van der Waals surface area contributed by atoms with Crippen molar-refractivity contribution in [1.29, 1.82) is 0 Å². The van der Waals surface area contributed by atoms with Gasteiger partial charge in [0.1, 0.15) is 5.75 Å². The molecule has 0 spiro atoms. The molecule has 0 atom stereocenters. The normalized spacial score (nSPS) is 11.5. The highest BCUT2D eigenvalue weighted by molar-refractivity contribution is 5.77. The predicted molar refractivity (Wildman–Crippen MR) is 95.2 cm³/mol. The Morgan fingerprint density at radius 3 is 2.15 bits per heavy atom. The summed E-state index contributed by atoms with van der Waals surface area (Å²) >= 11 is 0. The molecule has 0 aromatic heterocycles. The van der Waals surface area contributed by atoms with E-state index in [1.54, 1.807) is 0 Å². The number of carbonyl (C=O) groups excluding carboxylic acids is 1. The smallest absolute Gasteiger partial charge is 0.416 e. The van der Waals surface area contributed by atoms with Gasteiger partial charge in [-0.05, 0) is 49.2 Å². The average Bonchev–Trinajstić information content (AvgIpc) is 2.63. The number of hydrogen-bond acceptors (Lipinski definition) is 3. The molecule has 0 heterocycles. The third kappa shape index (κ3) is 7.30. The fourth-order valence-corrected chi connectivity index (χ4v) is 2.16. The molecule has 0 saturated carbocycles. The number of halogens is 3. The Kier molecular flexibility index (Phi) is 7.24. The maximum Gasteiger partial charge on any atom is 0.416 e. The van der Waals surface area contributed by atoms with Gasteiger partial charge in [0.25, 0.3) is 5.91 Å². The van der Waals surface area contributed by atoms with Crippen molar-refractivity contribution >= 4 is 5.91 Å². The van der Waals surface area contributed by atoms with Crippen LogP contribution < -0.4 is 10.1 Å². The van der Waals surface area contributed by atoms with Gasteiger partial charge in [-0.1, -0.05) is 24.3 Å². The van der Waals surface area contributed by atoms with Crippen LogP contribution >= 0.6 is 0 Å². The second kappa shape index (κ2) is 9.41. The number of benzene rings is 2. The highest BCUT2D eigenvalue weighted by atomic mass is 19.4. The molecule has 1 N–H and O–H groups in total. The molecule has 27 heavy (non-hydrogen) atoms. The molecule has 0 saturated heterocycles. The van der Waals surface area contributed by atoms with Crippen molar-refractivity contribution in [2.45, 2.75) is 39.3 Å². The molecule has 0 fully saturated rings. The molecule has 0 aliphatic rings. The molecular formula is C20H22F3NO3. The molecule has 1 amide bonds. The summed E-state index contributed by atoms with van der Waals surface area (Å²) in [5, 5.41) is 2.70. The zero-order valence-corrected chi connectivity index (χ0v) is 15.2. The Balaban J connectivity index is 1.74. The summed E-state index contributed by atoms with van der Waals surface area (Å²) in [6, 6.07) is 11.9. The maximum absolute atomic E-state index is 12.5. The van der Waals surface area contributed by atoms with Crippen LogP contribution in [-0.2, 0) is 28.9 Å². The Morgan fingerprint density at radius 2 is 1.59 bits per heavy atom. The van der Waals surface area contributed by atoms with Gasteiger partial charge in [0.15, 0.2) is 6.61 Å². The number of ether oxygens (including phenoxy) is 2. The number of amides is 1. The van der Waals surface area contributed by atoms with Crippen LogP contribution in [0, 0.1) is 0 Å². The molecule has 7 heteroatoms. The number of carbonyl (C=O) groups is 1. The highest BCUT2D eigenvalue weighted by Crippen LogP contribution is 2.30. The lowest BCUT2D eigenvalue weighted by Gasteiger charge is -2.10. The Bertz CT molecular complexity index is 726. The quantitative estimate of drug-likeness (QED) is 0.741. The van der Waals surface area contributed by atoms with Crippen molar-refractivity contribution in [1.82, 2.24) is 5.32 Å². The van der Waals surface area contributed by atoms with E-state index in [2.05, 4.69) is 5.32 Å². The molecule has 2 aromatic carbocycles. The fraction of sp³-hybridized carbons (Fsp3) is 0.350. The van der Waals surface area contributed by atoms with Gasteiger partial charge in [-0.2, -0.15) is 13.2 Å². The Morgan fingerprint density at radius 1 is 1.00 bits per heavy atom. The molecule has 0 aliphatic carbocycles. The lowest BCUT2D eigenvalue weighted by Crippen LogP contribution is -2.28. The van der Waals surface area contributed by atoms with E-state index in [9.17, 15) is 18.0 Å². The van der Waals surface area contributed by atoms with Crippen molar-refractivity contribution in [2.24, 2.45) is 0 Å². The van der Waals surface area contributed by atoms with E-state index < -0.39 is 11.7 Å². The first kappa shape index (κ1) is 20.8. The molecule has 0 unspecified atom stereocenters. The van der Waals surface area contributed by atoms with E-state index in [0.717, 1.165) is 23.3 Å². The van der Waals surface area contributed by atoms with Crippen molar-refractivity contribution < 1.29 is 27.4 Å². The number of alkyl halides is 3. The number of nitrogens with one attached hydrogen (secondary N) is 1. The second-order valence-electron chi connectivity index (χ2n) is 6.26. The summed E-state index contributed by atoms with van der Waals surface area (Å²) in [4.78, 5) is 11.8. The van der Waals surface area contributed by atoms with Crippen molar-refractivity contribution in [3.63, 3.8) is 0 Å². The molecule has 146 valence electrons. The third-order valence-electron chi connectivity index (χ3n) is 3.65. The predicted octanol–water partition coefficient (Wildman–Crippen LogP) is 4.33. The first-order valence-corrected chi connectivity index (χ1v) is 8.50. The monoisotopic (exact) mass is 381 g/mol. The summed E-state index contributed by atoms with van der Waals surface area (Å²) in [5.41, 5.74) is 1.21. The lowest BCUT2D eigenvalue weighted by molar-refractivity contribution is -0.137. The SMILES string of the molecule is CC(C)OCc1ccc(CNC(=O)COc2ccc(C(F)(F)F)cc2)cc1. The van der Waals surface area contributed by atoms with E-state index >= 15 is 0 Å². The van der Waals surface area contributed by atoms with Crippen LogP contribution in [0.25, 0.3) is 0 Å². The van der Waals surface area contributed by atoms with Gasteiger partial charge in [-0.15, -0.1) is 0 Å². The third-order valence-corrected chi connectivity index (χ3v) is 3.65. The molecular weight excluding hydrogens is 359 g/mol. The van der Waals surface area contributed by atoms with Gasteiger partial charge in [0.2, 0.25) is 0 Å². The van der Waals surface area contributed by atoms with Crippen molar-refractivity contribution in [2.75, 3.05) is 6.61 Å². The van der Waals surface area contributed by atoms with E-state index in [1.165, 1.54) is 12.1 Å². The number of hydrogen-bond donors (Lipinski definition) is 1. The van der Waals surface area contributed by atoms with E-state index in [1.807, 2.05) is 38.1 Å². The van der Waals surface area contributed by atoms with Crippen LogP contribution in [-0.4, -0.2) is 18.6 Å². The lowest BCUT2D eigenvalue weighted by atomic mass is 10.1. The van der Waals surface area contributed by atoms with Crippen LogP contribution in [0.15, 0.2) is 48.5 Å². The molecule has 0 radical (unpaired) electrons. The standard InChI is InChI=1S/C20H22F3NO3/c1-14(2)26-12-16-5-3-15(4-6-16)11-24-19(25)13-27-18-9-7-17(8-10-18)20(21,22)23/h3-10,14H,11-13H2,1-2H3,(H,24,25). The van der Waals surface area contributed by atoms with Crippen LogP contribution in [0.3, 0.4) is 0 Å². The van der Waals surface area contributed by atoms with E-state index in [4.69, 9.17) is 9.47 Å². The Labute approximate surface area is 156 Å². The summed E-state index contributed by atoms with van der Waals surface area (Å²) in [6.45, 7) is 4.53. The molecule has 0 aliphatic heterocycles. The Hall–Kier alpha value is -2.54. The zero-order valence-electron chi connectivity index (χ0n) is 15.2. The van der Waals surface area contributed by atoms with Gasteiger partial charge in [0.05, 0.1) is 18.3 Å². The average molecular weight is 381 g/mol. The molecule has 2 rings (SSSR count). The molecule has 4 nitrogen and oxygen atoms in total. The minimum atomic E-state index is -4.40. The summed E-state index contributed by atoms with van der Waals surface area (Å²) in [6.07, 6.45) is -4.24. The van der Waals surface area contributed by atoms with Crippen LogP contribution in [0.4, 0.5) is 13.2 Å². The van der Waals surface area contributed by atoms with Gasteiger partial charge >= 0.3 is 6.18 Å². The van der Waals surface area contributed by atoms with Gasteiger partial charge in [0, 0.05) is 6.54 Å². The van der Waals surface area contributed by atoms with E-state index in [-0.39, 0.29) is 24.4 Å². The maximum atomic E-state index is 12.5. The van der Waals surface area contributed by atoms with Crippen LogP contribution in [0.1, 0.15) is 30.5 Å². The second-order valence-corrected chi connectivity index (χ2v) is 6.26. The van der Waals surface area contributed by atoms with Gasteiger partial charge < -0.3 is 14.8 Å². The first-order chi connectivity index (χ1) is 12.7. The van der Waals surface area contributed by atoms with Crippen LogP contribution in [0.5, 0.6) is 5.75 Å². The van der Waals surface area contributed by atoms with Crippen molar-refractivity contribution in [3.05, 3.63) is 65.2 Å². The summed E-state index contributed by atoms with van der Waals surface area (Å²) in [7, 11) is 0. The minimum absolute atomic E-state index is 0.161.